The molecule has 5 heteroatoms. The Balaban J connectivity index is 2.84. The average molecular weight is 189 g/mol. The third-order valence-corrected chi connectivity index (χ3v) is 1.83. The maximum absolute atomic E-state index is 11.3. The molecule has 0 amide bonds. The highest BCUT2D eigenvalue weighted by Crippen LogP contribution is 2.14. The lowest BCUT2D eigenvalue weighted by molar-refractivity contribution is 0.196. The number of hydrogen-bond acceptors (Lipinski definition) is 3. The molecule has 0 aromatic heterocycles. The van der Waals surface area contributed by atoms with Crippen LogP contribution in [0.5, 0.6) is 0 Å². The lowest BCUT2D eigenvalue weighted by atomic mass is 10.1. The van der Waals surface area contributed by atoms with Crippen LogP contribution in [0.4, 0.5) is 4.79 Å². The molecule has 2 rings (SSSR count). The Hall–Kier alpha value is -2.17. The van der Waals surface area contributed by atoms with Crippen LogP contribution in [0.25, 0.3) is 11.3 Å². The summed E-state index contributed by atoms with van der Waals surface area (Å²) in [6.45, 7) is 0. The van der Waals surface area contributed by atoms with Gasteiger partial charge >= 0.3 is 6.09 Å². The van der Waals surface area contributed by atoms with Gasteiger partial charge in [0.2, 0.25) is 0 Å². The Kier molecular flexibility index (Phi) is 1.78. The summed E-state index contributed by atoms with van der Waals surface area (Å²) in [7, 11) is 0. The van der Waals surface area contributed by atoms with E-state index in [2.05, 4.69) is 11.1 Å². The van der Waals surface area contributed by atoms with Crippen LogP contribution in [0, 0.1) is 6.07 Å². The molecule has 5 nitrogen and oxygen atoms in total. The van der Waals surface area contributed by atoms with Crippen molar-refractivity contribution in [3.63, 3.8) is 0 Å². The first-order valence-corrected chi connectivity index (χ1v) is 3.80. The summed E-state index contributed by atoms with van der Waals surface area (Å²) in [5, 5.41) is 8.78. The van der Waals surface area contributed by atoms with Gasteiger partial charge in [-0.3, -0.25) is 4.79 Å². The second-order valence-electron chi connectivity index (χ2n) is 2.66. The minimum Gasteiger partial charge on any atom is -0.464 e. The summed E-state index contributed by atoms with van der Waals surface area (Å²) < 4.78 is 0.882. The minimum absolute atomic E-state index is 0.272. The van der Waals surface area contributed by atoms with Gasteiger partial charge < -0.3 is 5.11 Å². The number of aromatic nitrogens is 2. The first-order valence-electron chi connectivity index (χ1n) is 3.80. The first-order chi connectivity index (χ1) is 6.70. The summed E-state index contributed by atoms with van der Waals surface area (Å²) in [5.74, 6) is 0. The van der Waals surface area contributed by atoms with Crippen molar-refractivity contribution in [2.24, 2.45) is 0 Å². The van der Waals surface area contributed by atoms with Gasteiger partial charge in [0.15, 0.2) is 5.43 Å². The minimum atomic E-state index is -1.18. The van der Waals surface area contributed by atoms with Crippen LogP contribution < -0.4 is 5.43 Å². The molecule has 1 radical (unpaired) electrons. The number of hydrogen-bond donors (Lipinski definition) is 1. The SMILES string of the molecule is O=C(O)n1cncc2c(=O)c[c]cc1-2. The standard InChI is InChI=1S/C9H5N2O3/c12-8-3-1-2-7-6(8)4-10-5-11(7)9(13)14/h2-5H,(H,13,14). The van der Waals surface area contributed by atoms with Gasteiger partial charge in [0, 0.05) is 6.20 Å². The Morgan fingerprint density at radius 3 is 3.00 bits per heavy atom. The molecule has 0 atom stereocenters. The fraction of sp³-hybridized carbons (Fsp3) is 0. The third kappa shape index (κ3) is 1.15. The van der Waals surface area contributed by atoms with Crippen LogP contribution in [0.2, 0.25) is 0 Å². The van der Waals surface area contributed by atoms with Gasteiger partial charge in [-0.05, 0) is 18.2 Å². The Morgan fingerprint density at radius 2 is 2.29 bits per heavy atom. The summed E-state index contributed by atoms with van der Waals surface area (Å²) in [5.41, 5.74) is 0.277. The monoisotopic (exact) mass is 189 g/mol. The Morgan fingerprint density at radius 1 is 1.50 bits per heavy atom. The van der Waals surface area contributed by atoms with E-state index in [1.807, 2.05) is 0 Å². The summed E-state index contributed by atoms with van der Waals surface area (Å²) >= 11 is 0. The molecule has 1 heterocycles. The highest BCUT2D eigenvalue weighted by atomic mass is 16.4. The molecule has 0 aromatic rings. The van der Waals surface area contributed by atoms with E-state index in [1.54, 1.807) is 0 Å². The highest BCUT2D eigenvalue weighted by Gasteiger charge is 2.12. The summed E-state index contributed by atoms with van der Waals surface area (Å²) in [6.07, 6.45) is 1.30. The molecular formula is C9H5N2O3. The van der Waals surface area contributed by atoms with Gasteiger partial charge in [0.1, 0.15) is 6.33 Å². The number of rotatable bonds is 0. The fourth-order valence-corrected chi connectivity index (χ4v) is 1.20. The predicted molar refractivity (Wildman–Crippen MR) is 47.4 cm³/mol. The van der Waals surface area contributed by atoms with E-state index >= 15 is 0 Å². The zero-order chi connectivity index (χ0) is 10.1. The Labute approximate surface area is 78.6 Å². The number of fused-ring (bicyclic) bond motifs is 1. The molecule has 0 fully saturated rings. The molecule has 1 N–H and O–H groups in total. The van der Waals surface area contributed by atoms with E-state index in [1.165, 1.54) is 18.3 Å². The molecule has 1 aliphatic carbocycles. The largest absolute Gasteiger partial charge is 0.464 e. The van der Waals surface area contributed by atoms with Gasteiger partial charge in [-0.2, -0.15) is 0 Å². The maximum Gasteiger partial charge on any atom is 0.417 e. The molecule has 0 spiro atoms. The quantitative estimate of drug-likeness (QED) is 0.661. The zero-order valence-corrected chi connectivity index (χ0v) is 6.97. The van der Waals surface area contributed by atoms with Crippen molar-refractivity contribution in [1.82, 2.24) is 9.55 Å². The molecule has 0 saturated heterocycles. The third-order valence-electron chi connectivity index (χ3n) is 1.83. The van der Waals surface area contributed by atoms with Crippen LogP contribution in [-0.2, 0) is 0 Å². The van der Waals surface area contributed by atoms with Crippen molar-refractivity contribution in [3.8, 4) is 11.3 Å². The van der Waals surface area contributed by atoms with Crippen LogP contribution in [0.1, 0.15) is 0 Å². The lowest BCUT2D eigenvalue weighted by Gasteiger charge is -2.08. The van der Waals surface area contributed by atoms with Gasteiger partial charge in [-0.25, -0.2) is 14.3 Å². The number of carbonyl (C=O) groups is 1. The second-order valence-corrected chi connectivity index (χ2v) is 2.66. The van der Waals surface area contributed by atoms with Crippen molar-refractivity contribution >= 4 is 6.09 Å². The van der Waals surface area contributed by atoms with E-state index in [4.69, 9.17) is 5.11 Å². The Bertz CT molecular complexity index is 518. The fourth-order valence-electron chi connectivity index (χ4n) is 1.20. The van der Waals surface area contributed by atoms with E-state index in [-0.39, 0.29) is 11.0 Å². The number of benzene rings is 1. The van der Waals surface area contributed by atoms with Crippen molar-refractivity contribution in [3.05, 3.63) is 40.9 Å². The molecule has 2 aliphatic rings. The van der Waals surface area contributed by atoms with Crippen molar-refractivity contribution < 1.29 is 9.90 Å². The predicted octanol–water partition coefficient (Wildman–Crippen LogP) is 0.674. The van der Waals surface area contributed by atoms with Crippen LogP contribution in [0.3, 0.4) is 0 Å². The smallest absolute Gasteiger partial charge is 0.417 e. The molecule has 0 saturated carbocycles. The first kappa shape index (κ1) is 8.43. The van der Waals surface area contributed by atoms with E-state index < -0.39 is 6.09 Å². The molecule has 0 unspecified atom stereocenters. The number of carboxylic acid groups (broad SMARTS) is 1. The molecule has 0 aromatic carbocycles. The van der Waals surface area contributed by atoms with Gasteiger partial charge in [-0.15, -0.1) is 0 Å². The van der Waals surface area contributed by atoms with Crippen molar-refractivity contribution in [1.29, 1.82) is 0 Å². The molecule has 14 heavy (non-hydrogen) atoms. The molecule has 1 aliphatic heterocycles. The number of nitrogens with zero attached hydrogens (tertiary/aromatic N) is 2. The van der Waals surface area contributed by atoms with Gasteiger partial charge in [-0.1, -0.05) is 0 Å². The van der Waals surface area contributed by atoms with Crippen LogP contribution in [0.15, 0.2) is 29.5 Å². The van der Waals surface area contributed by atoms with Gasteiger partial charge in [0.25, 0.3) is 0 Å². The highest BCUT2D eigenvalue weighted by molar-refractivity contribution is 5.76. The van der Waals surface area contributed by atoms with Crippen LogP contribution in [-0.4, -0.2) is 20.8 Å². The summed E-state index contributed by atoms with van der Waals surface area (Å²) in [4.78, 5) is 25.7. The zero-order valence-electron chi connectivity index (χ0n) is 6.97. The van der Waals surface area contributed by atoms with Gasteiger partial charge in [0.05, 0.1) is 11.3 Å². The van der Waals surface area contributed by atoms with Crippen LogP contribution >= 0.6 is 0 Å². The molecular weight excluding hydrogens is 184 g/mol. The van der Waals surface area contributed by atoms with E-state index in [9.17, 15) is 9.59 Å². The average Bonchev–Trinajstić information content (AvgIpc) is 2.17. The second kappa shape index (κ2) is 2.95. The van der Waals surface area contributed by atoms with Crippen molar-refractivity contribution in [2.75, 3.05) is 0 Å². The summed E-state index contributed by atoms with van der Waals surface area (Å²) in [6, 6.07) is 5.26. The normalized spacial score (nSPS) is 10.3. The van der Waals surface area contributed by atoms with Crippen molar-refractivity contribution in [2.45, 2.75) is 0 Å². The topological polar surface area (TPSA) is 72.2 Å². The van der Waals surface area contributed by atoms with E-state index in [0.29, 0.717) is 5.69 Å². The maximum atomic E-state index is 11.3. The molecule has 69 valence electrons. The van der Waals surface area contributed by atoms with E-state index in [0.717, 1.165) is 10.9 Å². The lowest BCUT2D eigenvalue weighted by Crippen LogP contribution is -2.16. The molecule has 0 bridgehead atoms.